The summed E-state index contributed by atoms with van der Waals surface area (Å²) in [6.07, 6.45) is 4.13. The Kier molecular flexibility index (Phi) is 2.40. The molecule has 2 heteroatoms. The number of hydrogen-bond acceptors (Lipinski definition) is 2. The van der Waals surface area contributed by atoms with Gasteiger partial charge in [-0.15, -0.1) is 0 Å². The van der Waals surface area contributed by atoms with Gasteiger partial charge >= 0.3 is 0 Å². The van der Waals surface area contributed by atoms with E-state index in [1.54, 1.807) is 6.07 Å². The number of rotatable bonds is 2. The SMILES string of the molecule is CC(c1ccccc1O)N1CC2CCC1C2. The van der Waals surface area contributed by atoms with E-state index in [1.807, 2.05) is 18.2 Å². The van der Waals surface area contributed by atoms with E-state index in [0.29, 0.717) is 11.8 Å². The molecule has 1 aliphatic heterocycles. The number of nitrogens with zero attached hydrogens (tertiary/aromatic N) is 1. The Balaban J connectivity index is 1.83. The van der Waals surface area contributed by atoms with Crippen LogP contribution in [-0.2, 0) is 0 Å². The predicted molar refractivity (Wildman–Crippen MR) is 64.4 cm³/mol. The number of para-hydroxylation sites is 1. The molecule has 1 saturated heterocycles. The van der Waals surface area contributed by atoms with E-state index in [2.05, 4.69) is 11.8 Å². The molecule has 1 aromatic rings. The van der Waals surface area contributed by atoms with Gasteiger partial charge in [-0.1, -0.05) is 18.2 Å². The summed E-state index contributed by atoms with van der Waals surface area (Å²) in [7, 11) is 0. The quantitative estimate of drug-likeness (QED) is 0.823. The van der Waals surface area contributed by atoms with Gasteiger partial charge in [-0.2, -0.15) is 0 Å². The molecular weight excluding hydrogens is 198 g/mol. The van der Waals surface area contributed by atoms with Gasteiger partial charge in [-0.05, 0) is 38.2 Å². The summed E-state index contributed by atoms with van der Waals surface area (Å²) < 4.78 is 0. The number of benzene rings is 1. The van der Waals surface area contributed by atoms with Crippen molar-refractivity contribution in [1.29, 1.82) is 0 Å². The molecule has 1 aromatic carbocycles. The van der Waals surface area contributed by atoms with Crippen LogP contribution in [0.1, 0.15) is 37.8 Å². The van der Waals surface area contributed by atoms with E-state index >= 15 is 0 Å². The Labute approximate surface area is 96.9 Å². The molecule has 1 aliphatic carbocycles. The molecule has 1 N–H and O–H groups in total. The molecule has 1 heterocycles. The number of phenolic OH excluding ortho intramolecular Hbond substituents is 1. The summed E-state index contributed by atoms with van der Waals surface area (Å²) in [5.41, 5.74) is 1.08. The fraction of sp³-hybridized carbons (Fsp3) is 0.571. The van der Waals surface area contributed by atoms with E-state index in [1.165, 1.54) is 25.8 Å². The van der Waals surface area contributed by atoms with Crippen LogP contribution in [0.3, 0.4) is 0 Å². The normalized spacial score (nSPS) is 30.8. The number of hydrogen-bond donors (Lipinski definition) is 1. The molecule has 1 saturated carbocycles. The minimum absolute atomic E-state index is 0.358. The lowest BCUT2D eigenvalue weighted by Crippen LogP contribution is -2.34. The monoisotopic (exact) mass is 217 g/mol. The second-order valence-electron chi connectivity index (χ2n) is 5.26. The van der Waals surface area contributed by atoms with Crippen LogP contribution in [0.2, 0.25) is 0 Å². The third-order valence-corrected chi connectivity index (χ3v) is 4.34. The molecule has 0 amide bonds. The van der Waals surface area contributed by atoms with Crippen LogP contribution in [-0.4, -0.2) is 22.6 Å². The topological polar surface area (TPSA) is 23.5 Å². The zero-order valence-electron chi connectivity index (χ0n) is 9.76. The molecule has 16 heavy (non-hydrogen) atoms. The zero-order valence-corrected chi connectivity index (χ0v) is 9.76. The minimum atomic E-state index is 0.358. The first kappa shape index (κ1) is 10.2. The molecule has 3 unspecified atom stereocenters. The van der Waals surface area contributed by atoms with E-state index in [-0.39, 0.29) is 0 Å². The number of aromatic hydroxyl groups is 1. The van der Waals surface area contributed by atoms with Crippen LogP contribution in [0.15, 0.2) is 24.3 Å². The third kappa shape index (κ3) is 1.52. The summed E-state index contributed by atoms with van der Waals surface area (Å²) in [4.78, 5) is 2.57. The minimum Gasteiger partial charge on any atom is -0.508 e. The third-order valence-electron chi connectivity index (χ3n) is 4.34. The number of fused-ring (bicyclic) bond motifs is 2. The average Bonchev–Trinajstić information content (AvgIpc) is 2.90. The molecule has 3 atom stereocenters. The number of phenols is 1. The van der Waals surface area contributed by atoms with Crippen LogP contribution < -0.4 is 0 Å². The second kappa shape index (κ2) is 3.77. The van der Waals surface area contributed by atoms with Crippen molar-refractivity contribution in [3.05, 3.63) is 29.8 Å². The highest BCUT2D eigenvalue weighted by Gasteiger charge is 2.40. The van der Waals surface area contributed by atoms with Gasteiger partial charge in [-0.25, -0.2) is 0 Å². The van der Waals surface area contributed by atoms with Gasteiger partial charge in [0.15, 0.2) is 0 Å². The lowest BCUT2D eigenvalue weighted by atomic mass is 10.0. The summed E-state index contributed by atoms with van der Waals surface area (Å²) in [5, 5.41) is 9.88. The highest BCUT2D eigenvalue weighted by Crippen LogP contribution is 2.43. The maximum absolute atomic E-state index is 9.88. The standard InChI is InChI=1S/C14H19NO/c1-10(13-4-2-3-5-14(13)16)15-9-11-6-7-12(15)8-11/h2-5,10-12,16H,6-9H2,1H3. The molecule has 86 valence electrons. The van der Waals surface area contributed by atoms with Gasteiger partial charge in [0.2, 0.25) is 0 Å². The first-order valence-electron chi connectivity index (χ1n) is 6.29. The summed E-state index contributed by atoms with van der Waals surface area (Å²) >= 11 is 0. The largest absolute Gasteiger partial charge is 0.508 e. The molecule has 0 aromatic heterocycles. The Hall–Kier alpha value is -1.02. The molecule has 2 nitrogen and oxygen atoms in total. The molecular formula is C14H19NO. The van der Waals surface area contributed by atoms with E-state index in [4.69, 9.17) is 0 Å². The van der Waals surface area contributed by atoms with Crippen molar-refractivity contribution >= 4 is 0 Å². The van der Waals surface area contributed by atoms with Crippen molar-refractivity contribution in [1.82, 2.24) is 4.90 Å². The predicted octanol–water partition coefficient (Wildman–Crippen LogP) is 2.94. The lowest BCUT2D eigenvalue weighted by Gasteiger charge is -2.33. The average molecular weight is 217 g/mol. The molecule has 2 aliphatic rings. The Morgan fingerprint density at radius 2 is 2.12 bits per heavy atom. The van der Waals surface area contributed by atoms with E-state index in [0.717, 1.165) is 17.5 Å². The zero-order chi connectivity index (χ0) is 11.1. The van der Waals surface area contributed by atoms with Crippen molar-refractivity contribution in [2.24, 2.45) is 5.92 Å². The lowest BCUT2D eigenvalue weighted by molar-refractivity contribution is 0.158. The van der Waals surface area contributed by atoms with Crippen molar-refractivity contribution < 1.29 is 5.11 Å². The van der Waals surface area contributed by atoms with Gasteiger partial charge in [0.25, 0.3) is 0 Å². The summed E-state index contributed by atoms with van der Waals surface area (Å²) in [6, 6.07) is 8.87. The molecule has 0 spiro atoms. The van der Waals surface area contributed by atoms with Crippen LogP contribution in [0.5, 0.6) is 5.75 Å². The van der Waals surface area contributed by atoms with Crippen LogP contribution in [0.4, 0.5) is 0 Å². The second-order valence-corrected chi connectivity index (χ2v) is 5.26. The molecule has 2 fully saturated rings. The van der Waals surface area contributed by atoms with Gasteiger partial charge in [0.05, 0.1) is 0 Å². The van der Waals surface area contributed by atoms with Crippen molar-refractivity contribution in [2.75, 3.05) is 6.54 Å². The van der Waals surface area contributed by atoms with Gasteiger partial charge in [-0.3, -0.25) is 4.90 Å². The first-order valence-corrected chi connectivity index (χ1v) is 6.29. The first-order chi connectivity index (χ1) is 7.75. The van der Waals surface area contributed by atoms with Gasteiger partial charge < -0.3 is 5.11 Å². The van der Waals surface area contributed by atoms with Crippen LogP contribution in [0.25, 0.3) is 0 Å². The molecule has 2 bridgehead atoms. The van der Waals surface area contributed by atoms with Crippen molar-refractivity contribution in [3.8, 4) is 5.75 Å². The summed E-state index contributed by atoms with van der Waals surface area (Å²) in [5.74, 6) is 1.36. The highest BCUT2D eigenvalue weighted by molar-refractivity contribution is 5.34. The Bertz CT molecular complexity index is 390. The maximum atomic E-state index is 9.88. The molecule has 0 radical (unpaired) electrons. The van der Waals surface area contributed by atoms with Crippen LogP contribution >= 0.6 is 0 Å². The fourth-order valence-electron chi connectivity index (χ4n) is 3.46. The highest BCUT2D eigenvalue weighted by atomic mass is 16.3. The Morgan fingerprint density at radius 1 is 1.31 bits per heavy atom. The van der Waals surface area contributed by atoms with E-state index in [9.17, 15) is 5.11 Å². The number of likely N-dealkylation sites (tertiary alicyclic amines) is 1. The fourth-order valence-corrected chi connectivity index (χ4v) is 3.46. The van der Waals surface area contributed by atoms with Crippen LogP contribution in [0, 0.1) is 5.92 Å². The van der Waals surface area contributed by atoms with Crippen molar-refractivity contribution in [2.45, 2.75) is 38.3 Å². The Morgan fingerprint density at radius 3 is 2.75 bits per heavy atom. The summed E-state index contributed by atoms with van der Waals surface area (Å²) in [6.45, 7) is 3.44. The molecule has 3 rings (SSSR count). The maximum Gasteiger partial charge on any atom is 0.120 e. The van der Waals surface area contributed by atoms with Gasteiger partial charge in [0, 0.05) is 24.2 Å². The number of piperidine rings is 1. The van der Waals surface area contributed by atoms with Crippen molar-refractivity contribution in [3.63, 3.8) is 0 Å². The van der Waals surface area contributed by atoms with Gasteiger partial charge in [0.1, 0.15) is 5.75 Å². The van der Waals surface area contributed by atoms with E-state index < -0.39 is 0 Å². The smallest absolute Gasteiger partial charge is 0.120 e.